The molecule has 1 heterocycles. The summed E-state index contributed by atoms with van der Waals surface area (Å²) in [5.74, 6) is 0.402. The number of carbonyl (C=O) groups is 3. The number of anilines is 1. The highest BCUT2D eigenvalue weighted by atomic mass is 16.5. The third kappa shape index (κ3) is 5.34. The van der Waals surface area contributed by atoms with E-state index in [9.17, 15) is 14.4 Å². The van der Waals surface area contributed by atoms with Crippen LogP contribution in [0.2, 0.25) is 0 Å². The molecule has 0 radical (unpaired) electrons. The number of hydrogen-bond donors (Lipinski definition) is 1. The van der Waals surface area contributed by atoms with Crippen molar-refractivity contribution in [1.82, 2.24) is 9.80 Å². The number of nitrogens with one attached hydrogen (secondary N) is 1. The molecule has 0 aliphatic carbocycles. The van der Waals surface area contributed by atoms with E-state index in [1.807, 2.05) is 26.0 Å². The maximum Gasteiger partial charge on any atom is 0.255 e. The van der Waals surface area contributed by atoms with Crippen LogP contribution in [-0.4, -0.2) is 60.3 Å². The van der Waals surface area contributed by atoms with Gasteiger partial charge in [0.2, 0.25) is 6.41 Å². The fraction of sp³-hybridized carbons (Fsp3) is 0.318. The summed E-state index contributed by atoms with van der Waals surface area (Å²) < 4.78 is 5.59. The largest absolute Gasteiger partial charge is 0.491 e. The van der Waals surface area contributed by atoms with Gasteiger partial charge in [0, 0.05) is 43.0 Å². The number of amides is 3. The Bertz CT molecular complexity index is 855. The van der Waals surface area contributed by atoms with Gasteiger partial charge in [-0.15, -0.1) is 0 Å². The van der Waals surface area contributed by atoms with E-state index in [4.69, 9.17) is 4.74 Å². The Morgan fingerprint density at radius 1 is 0.931 bits per heavy atom. The highest BCUT2D eigenvalue weighted by molar-refractivity contribution is 6.05. The van der Waals surface area contributed by atoms with E-state index in [2.05, 4.69) is 5.32 Å². The quantitative estimate of drug-likeness (QED) is 0.763. The van der Waals surface area contributed by atoms with E-state index in [0.29, 0.717) is 43.0 Å². The average Bonchev–Trinajstić information content (AvgIpc) is 2.74. The van der Waals surface area contributed by atoms with E-state index >= 15 is 0 Å². The van der Waals surface area contributed by atoms with E-state index < -0.39 is 0 Å². The minimum absolute atomic E-state index is 0.0885. The highest BCUT2D eigenvalue weighted by Crippen LogP contribution is 2.18. The van der Waals surface area contributed by atoms with Gasteiger partial charge >= 0.3 is 0 Å². The van der Waals surface area contributed by atoms with Gasteiger partial charge in [0.05, 0.1) is 6.10 Å². The van der Waals surface area contributed by atoms with Crippen LogP contribution in [-0.2, 0) is 4.79 Å². The molecule has 7 nitrogen and oxygen atoms in total. The smallest absolute Gasteiger partial charge is 0.255 e. The highest BCUT2D eigenvalue weighted by Gasteiger charge is 2.21. The molecular formula is C22H25N3O4. The molecule has 3 rings (SSSR count). The summed E-state index contributed by atoms with van der Waals surface area (Å²) in [5.41, 5.74) is 1.66. The molecule has 1 fully saturated rings. The van der Waals surface area contributed by atoms with Crippen molar-refractivity contribution in [3.8, 4) is 5.75 Å². The van der Waals surface area contributed by atoms with Crippen LogP contribution >= 0.6 is 0 Å². The molecule has 0 bridgehead atoms. The van der Waals surface area contributed by atoms with Crippen LogP contribution in [0, 0.1) is 0 Å². The van der Waals surface area contributed by atoms with Crippen molar-refractivity contribution in [3.05, 3.63) is 59.7 Å². The maximum atomic E-state index is 12.6. The van der Waals surface area contributed by atoms with E-state index in [1.54, 1.807) is 46.2 Å². The first-order chi connectivity index (χ1) is 14.0. The second-order valence-corrected chi connectivity index (χ2v) is 7.16. The molecule has 2 aromatic carbocycles. The Kier molecular flexibility index (Phi) is 6.49. The van der Waals surface area contributed by atoms with Gasteiger partial charge in [0.15, 0.2) is 0 Å². The van der Waals surface area contributed by atoms with E-state index in [-0.39, 0.29) is 17.9 Å². The van der Waals surface area contributed by atoms with Gasteiger partial charge in [-0.25, -0.2) is 0 Å². The second-order valence-electron chi connectivity index (χ2n) is 7.16. The number of nitrogens with zero attached hydrogens (tertiary/aromatic N) is 2. The van der Waals surface area contributed by atoms with Crippen LogP contribution in [0.25, 0.3) is 0 Å². The lowest BCUT2D eigenvalue weighted by Gasteiger charge is -2.32. The molecule has 1 saturated heterocycles. The van der Waals surface area contributed by atoms with Crippen molar-refractivity contribution in [1.29, 1.82) is 0 Å². The maximum absolute atomic E-state index is 12.6. The van der Waals surface area contributed by atoms with Gasteiger partial charge in [0.1, 0.15) is 5.75 Å². The number of carbonyl (C=O) groups excluding carboxylic acids is 3. The molecule has 1 N–H and O–H groups in total. The van der Waals surface area contributed by atoms with Gasteiger partial charge in [0.25, 0.3) is 11.8 Å². The zero-order chi connectivity index (χ0) is 20.8. The number of hydrogen-bond acceptors (Lipinski definition) is 4. The summed E-state index contributed by atoms with van der Waals surface area (Å²) in [6.07, 6.45) is 0.894. The Morgan fingerprint density at radius 3 is 2.07 bits per heavy atom. The van der Waals surface area contributed by atoms with Crippen LogP contribution in [0.1, 0.15) is 34.6 Å². The number of ether oxygens (including phenoxy) is 1. The topological polar surface area (TPSA) is 79.0 Å². The Balaban J connectivity index is 1.58. The van der Waals surface area contributed by atoms with Crippen molar-refractivity contribution < 1.29 is 19.1 Å². The summed E-state index contributed by atoms with van der Waals surface area (Å²) in [7, 11) is 0. The summed E-state index contributed by atoms with van der Waals surface area (Å²) in [4.78, 5) is 39.2. The van der Waals surface area contributed by atoms with Crippen molar-refractivity contribution in [2.24, 2.45) is 0 Å². The van der Waals surface area contributed by atoms with E-state index in [1.165, 1.54) is 0 Å². The summed E-state index contributed by atoms with van der Waals surface area (Å²) >= 11 is 0. The lowest BCUT2D eigenvalue weighted by atomic mass is 10.1. The van der Waals surface area contributed by atoms with E-state index in [0.717, 1.165) is 12.2 Å². The Labute approximate surface area is 170 Å². The number of rotatable bonds is 6. The first-order valence-corrected chi connectivity index (χ1v) is 9.63. The van der Waals surface area contributed by atoms with Gasteiger partial charge in [-0.1, -0.05) is 0 Å². The van der Waals surface area contributed by atoms with Crippen molar-refractivity contribution in [2.75, 3.05) is 31.5 Å². The van der Waals surface area contributed by atoms with Crippen LogP contribution in [0.3, 0.4) is 0 Å². The van der Waals surface area contributed by atoms with Crippen LogP contribution < -0.4 is 10.1 Å². The third-order valence-electron chi connectivity index (χ3n) is 4.63. The predicted molar refractivity (Wildman–Crippen MR) is 110 cm³/mol. The zero-order valence-corrected chi connectivity index (χ0v) is 16.6. The monoisotopic (exact) mass is 395 g/mol. The molecule has 1 aliphatic rings. The molecule has 0 saturated carbocycles. The molecule has 1 aliphatic heterocycles. The predicted octanol–water partition coefficient (Wildman–Crippen LogP) is 2.64. The zero-order valence-electron chi connectivity index (χ0n) is 16.6. The molecule has 0 aromatic heterocycles. The molecule has 152 valence electrons. The molecule has 29 heavy (non-hydrogen) atoms. The standard InChI is InChI=1S/C22H25N3O4/c1-16(2)29-20-9-7-19(8-10-20)23-21(27)17-3-5-18(6-4-17)22(28)25-13-11-24(15-26)12-14-25/h3-10,15-16H,11-14H2,1-2H3,(H,23,27). The minimum Gasteiger partial charge on any atom is -0.491 e. The Hall–Kier alpha value is -3.35. The second kappa shape index (κ2) is 9.23. The molecule has 0 spiro atoms. The van der Waals surface area contributed by atoms with Crippen LogP contribution in [0.15, 0.2) is 48.5 Å². The number of piperazine rings is 1. The lowest BCUT2D eigenvalue weighted by molar-refractivity contribution is -0.119. The fourth-order valence-electron chi connectivity index (χ4n) is 3.07. The van der Waals surface area contributed by atoms with Gasteiger partial charge in [-0.05, 0) is 62.4 Å². The van der Waals surface area contributed by atoms with Crippen LogP contribution in [0.5, 0.6) is 5.75 Å². The van der Waals surface area contributed by atoms with Crippen LogP contribution in [0.4, 0.5) is 5.69 Å². The molecule has 2 aromatic rings. The van der Waals surface area contributed by atoms with Gasteiger partial charge in [-0.2, -0.15) is 0 Å². The molecule has 0 unspecified atom stereocenters. The van der Waals surface area contributed by atoms with Crippen molar-refractivity contribution >= 4 is 23.9 Å². The SMILES string of the molecule is CC(C)Oc1ccc(NC(=O)c2ccc(C(=O)N3CCN(C=O)CC3)cc2)cc1. The lowest BCUT2D eigenvalue weighted by Crippen LogP contribution is -2.48. The molecule has 0 atom stereocenters. The molecular weight excluding hydrogens is 370 g/mol. The molecule has 7 heteroatoms. The first-order valence-electron chi connectivity index (χ1n) is 9.63. The third-order valence-corrected chi connectivity index (χ3v) is 4.63. The summed E-state index contributed by atoms with van der Waals surface area (Å²) in [6.45, 7) is 6.00. The van der Waals surface area contributed by atoms with Gasteiger partial charge < -0.3 is 19.9 Å². The number of benzene rings is 2. The molecule has 3 amide bonds. The summed E-state index contributed by atoms with van der Waals surface area (Å²) in [5, 5.41) is 2.83. The fourth-order valence-corrected chi connectivity index (χ4v) is 3.07. The average molecular weight is 395 g/mol. The first kappa shape index (κ1) is 20.4. The van der Waals surface area contributed by atoms with Gasteiger partial charge in [-0.3, -0.25) is 14.4 Å². The van der Waals surface area contributed by atoms with Crippen molar-refractivity contribution in [3.63, 3.8) is 0 Å². The van der Waals surface area contributed by atoms with Crippen molar-refractivity contribution in [2.45, 2.75) is 20.0 Å². The minimum atomic E-state index is -0.249. The summed E-state index contributed by atoms with van der Waals surface area (Å²) in [6, 6.07) is 13.8. The Morgan fingerprint density at radius 2 is 1.52 bits per heavy atom. The normalized spacial score (nSPS) is 13.9.